The number of unbranched alkanes of at least 4 members (excludes halogenated alkanes) is 3. The van der Waals surface area contributed by atoms with E-state index in [1.54, 1.807) is 12.1 Å². The van der Waals surface area contributed by atoms with E-state index in [0.717, 1.165) is 68.3 Å². The minimum absolute atomic E-state index is 0.109. The fourth-order valence-electron chi connectivity index (χ4n) is 4.50. The quantitative estimate of drug-likeness (QED) is 0.0583. The normalized spacial score (nSPS) is 11.2. The van der Waals surface area contributed by atoms with Crippen molar-refractivity contribution in [2.75, 3.05) is 30.9 Å². The maximum Gasteiger partial charge on any atom is 0.350 e. The summed E-state index contributed by atoms with van der Waals surface area (Å²) < 4.78 is 6.62. The topological polar surface area (TPSA) is 95.8 Å². The predicted molar refractivity (Wildman–Crippen MR) is 161 cm³/mol. The van der Waals surface area contributed by atoms with Crippen LogP contribution in [-0.4, -0.2) is 30.1 Å². The molecular weight excluding hydrogens is 516 g/mol. The van der Waals surface area contributed by atoms with E-state index in [1.807, 2.05) is 56.6 Å². The number of nitrogens with zero attached hydrogens (tertiary/aromatic N) is 7. The third-order valence-electron chi connectivity index (χ3n) is 6.86. The number of hydrogen-bond acceptors (Lipinski definition) is 6. The Morgan fingerprint density at radius 2 is 1.63 bits per heavy atom. The molecule has 2 heterocycles. The summed E-state index contributed by atoms with van der Waals surface area (Å²) in [6.45, 7) is 3.66. The Morgan fingerprint density at radius 3 is 2.37 bits per heavy atom. The van der Waals surface area contributed by atoms with E-state index in [9.17, 15) is 10.1 Å². The third kappa shape index (κ3) is 9.52. The van der Waals surface area contributed by atoms with Crippen molar-refractivity contribution >= 4 is 28.6 Å². The summed E-state index contributed by atoms with van der Waals surface area (Å²) in [7, 11) is 4.05. The average molecular weight is 557 g/mol. The van der Waals surface area contributed by atoms with Crippen molar-refractivity contribution in [1.82, 2.24) is 4.57 Å². The van der Waals surface area contributed by atoms with Crippen LogP contribution in [0, 0.1) is 10.1 Å². The maximum absolute atomic E-state index is 10.8. The fourth-order valence-corrected chi connectivity index (χ4v) is 4.50. The second-order valence-electron chi connectivity index (χ2n) is 10.3. The molecule has 10 heteroatoms. The van der Waals surface area contributed by atoms with Gasteiger partial charge in [-0.15, -0.1) is 0 Å². The molecule has 0 saturated heterocycles. The van der Waals surface area contributed by atoms with Crippen molar-refractivity contribution in [3.8, 4) is 0 Å². The molecule has 2 aromatic carbocycles. The highest BCUT2D eigenvalue weighted by molar-refractivity contribution is 5.51. The predicted octanol–water partition coefficient (Wildman–Crippen LogP) is 6.22. The van der Waals surface area contributed by atoms with Crippen molar-refractivity contribution in [2.24, 2.45) is 10.2 Å². The van der Waals surface area contributed by atoms with Crippen molar-refractivity contribution < 1.29 is 14.1 Å². The third-order valence-corrected chi connectivity index (χ3v) is 6.86. The van der Waals surface area contributed by atoms with Crippen LogP contribution in [0.2, 0.25) is 0 Å². The molecule has 0 amide bonds. The molecule has 10 nitrogen and oxygen atoms in total. The van der Waals surface area contributed by atoms with Crippen LogP contribution >= 0.6 is 0 Å². The van der Waals surface area contributed by atoms with E-state index in [0.29, 0.717) is 0 Å². The molecule has 0 spiro atoms. The number of nitro groups is 1. The number of imidazole rings is 1. The van der Waals surface area contributed by atoms with Crippen LogP contribution in [-0.2, 0) is 19.6 Å². The lowest BCUT2D eigenvalue weighted by atomic mass is 10.2. The van der Waals surface area contributed by atoms with E-state index in [1.165, 1.54) is 25.0 Å². The van der Waals surface area contributed by atoms with Gasteiger partial charge in [0.05, 0.1) is 35.9 Å². The molecule has 4 aromatic rings. The van der Waals surface area contributed by atoms with Gasteiger partial charge >= 0.3 is 5.82 Å². The minimum Gasteiger partial charge on any atom is -0.385 e. The number of anilines is 2. The molecule has 0 aliphatic carbocycles. The lowest BCUT2D eigenvalue weighted by Gasteiger charge is -2.11. The standard InChI is InChI=1S/C31H40N8O2/c1-35(2)29-15-13-28(14-16-29)33-34-31-10-5-8-23-38(31)22-7-4-3-6-20-36-24-25-37(26-36)21-9-19-32-27-11-17-30(18-12-27)39(40)41/h5,8,10-18,23-26,32H,3-4,6-7,9,19-22H2,1-2H3/q+2. The van der Waals surface area contributed by atoms with Gasteiger partial charge in [0.25, 0.3) is 5.69 Å². The van der Waals surface area contributed by atoms with Gasteiger partial charge in [-0.2, -0.15) is 0 Å². The van der Waals surface area contributed by atoms with Crippen molar-refractivity contribution in [1.29, 1.82) is 0 Å². The molecule has 0 radical (unpaired) electrons. The second kappa shape index (κ2) is 15.3. The molecule has 214 valence electrons. The van der Waals surface area contributed by atoms with Gasteiger partial charge in [0.2, 0.25) is 6.33 Å². The molecule has 0 aliphatic rings. The SMILES string of the molecule is CN(C)c1ccc(/N=N/c2cccc[n+]2CCCCCC[n+]2ccn(CCCNc3ccc([N+](=O)[O-])cc3)c2)cc1. The molecule has 4 rings (SSSR count). The van der Waals surface area contributed by atoms with E-state index in [4.69, 9.17) is 0 Å². The van der Waals surface area contributed by atoms with Crippen LogP contribution in [0.15, 0.2) is 102 Å². The van der Waals surface area contributed by atoms with Gasteiger partial charge in [-0.3, -0.25) is 10.1 Å². The summed E-state index contributed by atoms with van der Waals surface area (Å²) in [4.78, 5) is 12.4. The summed E-state index contributed by atoms with van der Waals surface area (Å²) in [5.74, 6) is 0.865. The van der Waals surface area contributed by atoms with E-state index < -0.39 is 0 Å². The smallest absolute Gasteiger partial charge is 0.350 e. The first-order chi connectivity index (χ1) is 20.0. The molecule has 0 bridgehead atoms. The lowest BCUT2D eigenvalue weighted by Crippen LogP contribution is -2.33. The number of aromatic nitrogens is 3. The summed E-state index contributed by atoms with van der Waals surface area (Å²) in [6.07, 6.45) is 14.0. The first kappa shape index (κ1) is 29.4. The van der Waals surface area contributed by atoms with Crippen LogP contribution in [0.25, 0.3) is 0 Å². The van der Waals surface area contributed by atoms with Crippen LogP contribution in [0.3, 0.4) is 0 Å². The number of azo groups is 1. The van der Waals surface area contributed by atoms with Gasteiger partial charge in [0.15, 0.2) is 0 Å². The zero-order chi connectivity index (χ0) is 28.9. The number of aryl methyl sites for hydroxylation is 3. The van der Waals surface area contributed by atoms with Crippen molar-refractivity contribution in [2.45, 2.75) is 51.7 Å². The molecular formula is C31H40N8O2+2. The maximum atomic E-state index is 10.8. The monoisotopic (exact) mass is 556 g/mol. The van der Waals surface area contributed by atoms with Gasteiger partial charge in [0.1, 0.15) is 18.1 Å². The number of hydrogen-bond donors (Lipinski definition) is 1. The van der Waals surface area contributed by atoms with Gasteiger partial charge in [-0.25, -0.2) is 13.7 Å². The van der Waals surface area contributed by atoms with Crippen molar-refractivity contribution in [3.05, 3.63) is 102 Å². The largest absolute Gasteiger partial charge is 0.385 e. The number of non-ortho nitro benzene ring substituents is 1. The highest BCUT2D eigenvalue weighted by Crippen LogP contribution is 2.20. The molecule has 41 heavy (non-hydrogen) atoms. The van der Waals surface area contributed by atoms with Gasteiger partial charge in [-0.05, 0) is 73.3 Å². The molecule has 0 atom stereocenters. The first-order valence-corrected chi connectivity index (χ1v) is 14.2. The van der Waals surface area contributed by atoms with Crippen LogP contribution in [0.5, 0.6) is 0 Å². The Labute approximate surface area is 241 Å². The molecule has 0 unspecified atom stereocenters. The highest BCUT2D eigenvalue weighted by atomic mass is 16.6. The summed E-state index contributed by atoms with van der Waals surface area (Å²) in [5, 5.41) is 23.0. The van der Waals surface area contributed by atoms with Gasteiger partial charge in [0, 0.05) is 56.6 Å². The van der Waals surface area contributed by atoms with Crippen LogP contribution in [0.1, 0.15) is 32.1 Å². The van der Waals surface area contributed by atoms with Crippen LogP contribution in [0.4, 0.5) is 28.6 Å². The zero-order valence-corrected chi connectivity index (χ0v) is 24.0. The highest BCUT2D eigenvalue weighted by Gasteiger charge is 2.09. The Hall–Kier alpha value is -4.60. The Kier molecular flexibility index (Phi) is 10.9. The van der Waals surface area contributed by atoms with E-state index in [-0.39, 0.29) is 10.6 Å². The lowest BCUT2D eigenvalue weighted by molar-refractivity contribution is -0.697. The molecule has 0 fully saturated rings. The van der Waals surface area contributed by atoms with Crippen LogP contribution < -0.4 is 19.4 Å². The first-order valence-electron chi connectivity index (χ1n) is 14.2. The van der Waals surface area contributed by atoms with Gasteiger partial charge in [-0.1, -0.05) is 6.07 Å². The average Bonchev–Trinajstić information content (AvgIpc) is 3.44. The summed E-state index contributed by atoms with van der Waals surface area (Å²) in [5.41, 5.74) is 2.99. The number of rotatable bonds is 16. The molecule has 1 N–H and O–H groups in total. The second-order valence-corrected chi connectivity index (χ2v) is 10.3. The molecule has 2 aromatic heterocycles. The Morgan fingerprint density at radius 1 is 0.878 bits per heavy atom. The van der Waals surface area contributed by atoms with Crippen molar-refractivity contribution in [3.63, 3.8) is 0 Å². The Bertz CT molecular complexity index is 1400. The van der Waals surface area contributed by atoms with E-state index in [2.05, 4.69) is 59.1 Å². The van der Waals surface area contributed by atoms with Gasteiger partial charge < -0.3 is 10.2 Å². The Balaban J connectivity index is 1.11. The summed E-state index contributed by atoms with van der Waals surface area (Å²) >= 11 is 0. The minimum atomic E-state index is -0.382. The number of pyridine rings is 1. The number of nitrogens with one attached hydrogen (secondary N) is 1. The number of benzene rings is 2. The molecule has 0 saturated carbocycles. The summed E-state index contributed by atoms with van der Waals surface area (Å²) in [6, 6.07) is 20.6. The zero-order valence-electron chi connectivity index (χ0n) is 24.0. The van der Waals surface area contributed by atoms with E-state index >= 15 is 0 Å². The number of nitro benzene ring substituents is 1. The molecule has 0 aliphatic heterocycles. The fraction of sp³-hybridized carbons (Fsp3) is 0.355.